The van der Waals surface area contributed by atoms with Crippen LogP contribution in [-0.2, 0) is 20.7 Å². The molecular weight excluding hydrogens is 421 g/mol. The first-order chi connectivity index (χ1) is 15.4. The Morgan fingerprint density at radius 2 is 1.97 bits per heavy atom. The van der Waals surface area contributed by atoms with Crippen LogP contribution in [0.2, 0.25) is 0 Å². The van der Waals surface area contributed by atoms with Crippen molar-refractivity contribution < 1.29 is 23.5 Å². The van der Waals surface area contributed by atoms with Crippen LogP contribution >= 0.6 is 0 Å². The zero-order valence-corrected chi connectivity index (χ0v) is 21.0. The lowest BCUT2D eigenvalue weighted by Crippen LogP contribution is -2.57. The molecule has 2 fully saturated rings. The van der Waals surface area contributed by atoms with E-state index in [4.69, 9.17) is 9.47 Å². The predicted molar refractivity (Wildman–Crippen MR) is 126 cm³/mol. The van der Waals surface area contributed by atoms with Gasteiger partial charge < -0.3 is 9.47 Å². The van der Waals surface area contributed by atoms with Gasteiger partial charge in [-0.05, 0) is 81.9 Å². The Hall–Kier alpha value is -2.11. The first-order valence-corrected chi connectivity index (χ1v) is 12.4. The fourth-order valence-corrected chi connectivity index (χ4v) is 5.41. The molecule has 33 heavy (non-hydrogen) atoms. The molecule has 0 bridgehead atoms. The second-order valence-corrected chi connectivity index (χ2v) is 11.3. The summed E-state index contributed by atoms with van der Waals surface area (Å²) in [5.74, 6) is 0.439. The van der Waals surface area contributed by atoms with Crippen LogP contribution in [0, 0.1) is 23.6 Å². The van der Waals surface area contributed by atoms with Crippen molar-refractivity contribution in [1.82, 2.24) is 4.90 Å². The number of hydrogen-bond donors (Lipinski definition) is 0. The Kier molecular flexibility index (Phi) is 7.75. The smallest absolute Gasteiger partial charge is 0.411 e. The van der Waals surface area contributed by atoms with Crippen molar-refractivity contribution in [3.8, 4) is 0 Å². The Morgan fingerprint density at radius 3 is 2.61 bits per heavy atom. The summed E-state index contributed by atoms with van der Waals surface area (Å²) >= 11 is 0. The van der Waals surface area contributed by atoms with Crippen LogP contribution in [0.15, 0.2) is 24.3 Å². The van der Waals surface area contributed by atoms with Crippen molar-refractivity contribution in [3.63, 3.8) is 0 Å². The van der Waals surface area contributed by atoms with Crippen LogP contribution in [0.25, 0.3) is 0 Å². The summed E-state index contributed by atoms with van der Waals surface area (Å²) in [6.45, 7) is 12.4. The average molecular weight is 462 g/mol. The second-order valence-electron chi connectivity index (χ2n) is 11.3. The molecule has 0 radical (unpaired) electrons. The molecule has 4 unspecified atom stereocenters. The molecule has 1 heterocycles. The van der Waals surface area contributed by atoms with Gasteiger partial charge in [-0.2, -0.15) is 0 Å². The van der Waals surface area contributed by atoms with Crippen LogP contribution < -0.4 is 0 Å². The molecule has 1 saturated heterocycles. The summed E-state index contributed by atoms with van der Waals surface area (Å²) in [7, 11) is 0. The van der Waals surface area contributed by atoms with Gasteiger partial charge in [0.1, 0.15) is 23.1 Å². The number of carbonyl (C=O) groups is 2. The fraction of sp³-hybridized carbons (Fsp3) is 0.704. The minimum absolute atomic E-state index is 0.174. The maximum atomic E-state index is 14.0. The minimum atomic E-state index is -1.20. The zero-order valence-electron chi connectivity index (χ0n) is 21.0. The quantitative estimate of drug-likeness (QED) is 0.494. The monoisotopic (exact) mass is 461 g/mol. The topological polar surface area (TPSA) is 55.8 Å². The van der Waals surface area contributed by atoms with E-state index in [2.05, 4.69) is 20.8 Å². The van der Waals surface area contributed by atoms with Gasteiger partial charge in [-0.15, -0.1) is 0 Å². The van der Waals surface area contributed by atoms with Gasteiger partial charge in [-0.3, -0.25) is 4.90 Å². The average Bonchev–Trinajstić information content (AvgIpc) is 3.11. The highest BCUT2D eigenvalue weighted by Gasteiger charge is 2.53. The third kappa shape index (κ3) is 6.07. The summed E-state index contributed by atoms with van der Waals surface area (Å²) in [4.78, 5) is 28.6. The van der Waals surface area contributed by atoms with Gasteiger partial charge in [0, 0.05) is 13.0 Å². The second kappa shape index (κ2) is 10.0. The molecule has 1 aromatic carbocycles. The van der Waals surface area contributed by atoms with E-state index < -0.39 is 17.2 Å². The van der Waals surface area contributed by atoms with Gasteiger partial charge in [0.25, 0.3) is 0 Å². The third-order valence-corrected chi connectivity index (χ3v) is 7.09. The minimum Gasteiger partial charge on any atom is -0.460 e. The molecule has 1 aliphatic heterocycles. The van der Waals surface area contributed by atoms with Crippen molar-refractivity contribution >= 4 is 12.1 Å². The number of benzene rings is 1. The van der Waals surface area contributed by atoms with E-state index in [1.165, 1.54) is 17.0 Å². The number of halogens is 1. The Morgan fingerprint density at radius 1 is 1.24 bits per heavy atom. The summed E-state index contributed by atoms with van der Waals surface area (Å²) in [6, 6.07) is 6.24. The molecule has 1 aromatic rings. The highest BCUT2D eigenvalue weighted by atomic mass is 19.1. The zero-order chi connectivity index (χ0) is 24.4. The van der Waals surface area contributed by atoms with Crippen LogP contribution in [0.1, 0.15) is 79.2 Å². The van der Waals surface area contributed by atoms with Gasteiger partial charge in [-0.25, -0.2) is 14.0 Å². The van der Waals surface area contributed by atoms with E-state index in [1.54, 1.807) is 12.1 Å². The Balaban J connectivity index is 1.93. The van der Waals surface area contributed by atoms with Gasteiger partial charge in [-0.1, -0.05) is 39.3 Å². The lowest BCUT2D eigenvalue weighted by atomic mass is 9.75. The number of nitrogens with zero attached hydrogens (tertiary/aromatic N) is 1. The standard InChI is InChI=1S/C27H40FNO4/c1-18(2)22-12-11-19(3)15-23(22)32-24(30)27(17-20-9-7-10-21(28)16-20)13-8-14-29(27)25(31)33-26(4,5)6/h7,9-10,16,18-19,22-23H,8,11-15,17H2,1-6H3. The van der Waals surface area contributed by atoms with Crippen molar-refractivity contribution in [2.24, 2.45) is 17.8 Å². The fourth-order valence-electron chi connectivity index (χ4n) is 5.41. The maximum Gasteiger partial charge on any atom is 0.411 e. The van der Waals surface area contributed by atoms with E-state index in [0.29, 0.717) is 42.7 Å². The molecule has 6 heteroatoms. The molecule has 1 aliphatic carbocycles. The first-order valence-electron chi connectivity index (χ1n) is 12.4. The Labute approximate surface area is 198 Å². The van der Waals surface area contributed by atoms with Crippen molar-refractivity contribution in [1.29, 1.82) is 0 Å². The maximum absolute atomic E-state index is 14.0. The van der Waals surface area contributed by atoms with E-state index in [-0.39, 0.29) is 24.3 Å². The van der Waals surface area contributed by atoms with Gasteiger partial charge in [0.2, 0.25) is 0 Å². The van der Waals surface area contributed by atoms with Crippen LogP contribution in [0.5, 0.6) is 0 Å². The van der Waals surface area contributed by atoms with Crippen molar-refractivity contribution in [2.45, 2.75) is 97.3 Å². The van der Waals surface area contributed by atoms with E-state index in [1.807, 2.05) is 20.8 Å². The number of esters is 1. The SMILES string of the molecule is CC1CCC(C(C)C)C(OC(=O)C2(Cc3cccc(F)c3)CCCN2C(=O)OC(C)(C)C)C1. The van der Waals surface area contributed by atoms with Crippen LogP contribution in [-0.4, -0.2) is 40.8 Å². The molecule has 0 N–H and O–H groups in total. The first kappa shape index (κ1) is 25.5. The highest BCUT2D eigenvalue weighted by molar-refractivity contribution is 5.87. The number of carbonyl (C=O) groups excluding carboxylic acids is 2. The van der Waals surface area contributed by atoms with E-state index >= 15 is 0 Å². The summed E-state index contributed by atoms with van der Waals surface area (Å²) in [5, 5.41) is 0. The summed E-state index contributed by atoms with van der Waals surface area (Å²) in [5.41, 5.74) is -1.21. The Bertz CT molecular complexity index is 849. The molecular formula is C27H40FNO4. The molecule has 2 aliphatic rings. The van der Waals surface area contributed by atoms with Crippen molar-refractivity contribution in [2.75, 3.05) is 6.54 Å². The van der Waals surface area contributed by atoms with E-state index in [9.17, 15) is 14.0 Å². The van der Waals surface area contributed by atoms with Crippen molar-refractivity contribution in [3.05, 3.63) is 35.6 Å². The molecule has 184 valence electrons. The molecule has 1 saturated carbocycles. The normalized spacial score (nSPS) is 28.1. The largest absolute Gasteiger partial charge is 0.460 e. The number of hydrogen-bond acceptors (Lipinski definition) is 4. The number of ether oxygens (including phenoxy) is 2. The lowest BCUT2D eigenvalue weighted by Gasteiger charge is -2.41. The molecule has 4 atom stereocenters. The van der Waals surface area contributed by atoms with Gasteiger partial charge >= 0.3 is 12.1 Å². The van der Waals surface area contributed by atoms with Gasteiger partial charge in [0.05, 0.1) is 0 Å². The molecule has 0 spiro atoms. The molecule has 3 rings (SSSR count). The predicted octanol–water partition coefficient (Wildman–Crippen LogP) is 6.14. The van der Waals surface area contributed by atoms with Crippen LogP contribution in [0.4, 0.5) is 9.18 Å². The van der Waals surface area contributed by atoms with Crippen LogP contribution in [0.3, 0.4) is 0 Å². The number of likely N-dealkylation sites (tertiary alicyclic amines) is 1. The molecule has 1 amide bonds. The highest BCUT2D eigenvalue weighted by Crippen LogP contribution is 2.40. The lowest BCUT2D eigenvalue weighted by molar-refractivity contribution is -0.168. The molecule has 0 aromatic heterocycles. The van der Waals surface area contributed by atoms with E-state index in [0.717, 1.165) is 19.3 Å². The summed E-state index contributed by atoms with van der Waals surface area (Å²) in [6.07, 6.45) is 3.64. The number of rotatable bonds is 5. The molecule has 5 nitrogen and oxygen atoms in total. The number of amides is 1. The van der Waals surface area contributed by atoms with Gasteiger partial charge in [0.15, 0.2) is 0 Å². The third-order valence-electron chi connectivity index (χ3n) is 7.09. The summed E-state index contributed by atoms with van der Waals surface area (Å²) < 4.78 is 25.9.